The van der Waals surface area contributed by atoms with Crippen molar-refractivity contribution in [1.82, 2.24) is 10.3 Å². The van der Waals surface area contributed by atoms with E-state index in [1.165, 1.54) is 11.3 Å². The van der Waals surface area contributed by atoms with Crippen LogP contribution in [0.15, 0.2) is 48.5 Å². The molecule has 0 spiro atoms. The molecular weight excluding hydrogens is 348 g/mol. The monoisotopic (exact) mass is 368 g/mol. The van der Waals surface area contributed by atoms with Crippen molar-refractivity contribution in [3.63, 3.8) is 0 Å². The molecule has 0 radical (unpaired) electrons. The molecule has 1 N–H and O–H groups in total. The second-order valence-corrected chi connectivity index (χ2v) is 6.85. The first-order chi connectivity index (χ1) is 12.6. The number of benzene rings is 2. The molecule has 1 heterocycles. The van der Waals surface area contributed by atoms with Crippen molar-refractivity contribution >= 4 is 17.2 Å². The summed E-state index contributed by atoms with van der Waals surface area (Å²) in [5.74, 6) is 1.10. The molecule has 0 saturated carbocycles. The number of amides is 1. The van der Waals surface area contributed by atoms with Gasteiger partial charge in [-0.3, -0.25) is 4.79 Å². The highest BCUT2D eigenvalue weighted by atomic mass is 32.1. The number of aromatic nitrogens is 1. The van der Waals surface area contributed by atoms with Gasteiger partial charge in [0.05, 0.1) is 24.1 Å². The number of rotatable bonds is 6. The van der Waals surface area contributed by atoms with Gasteiger partial charge in [0, 0.05) is 6.54 Å². The quantitative estimate of drug-likeness (QED) is 0.713. The third-order valence-electron chi connectivity index (χ3n) is 3.89. The maximum atomic E-state index is 12.7. The minimum absolute atomic E-state index is 0.192. The second-order valence-electron chi connectivity index (χ2n) is 5.65. The molecule has 26 heavy (non-hydrogen) atoms. The fourth-order valence-electron chi connectivity index (χ4n) is 2.62. The molecule has 2 aromatic carbocycles. The van der Waals surface area contributed by atoms with E-state index in [-0.39, 0.29) is 5.91 Å². The molecule has 3 rings (SSSR count). The third-order valence-corrected chi connectivity index (χ3v) is 4.91. The van der Waals surface area contributed by atoms with Crippen LogP contribution in [0.1, 0.15) is 21.1 Å². The summed E-state index contributed by atoms with van der Waals surface area (Å²) in [5.41, 5.74) is 2.37. The first kappa shape index (κ1) is 17.9. The normalized spacial score (nSPS) is 10.4. The number of carbonyl (C=O) groups is 1. The fourth-order valence-corrected chi connectivity index (χ4v) is 3.54. The number of carbonyl (C=O) groups excluding carboxylic acids is 1. The van der Waals surface area contributed by atoms with Crippen LogP contribution >= 0.6 is 11.3 Å². The number of ether oxygens (including phenoxy) is 2. The summed E-state index contributed by atoms with van der Waals surface area (Å²) in [6.07, 6.45) is 0. The second kappa shape index (κ2) is 8.01. The van der Waals surface area contributed by atoms with E-state index in [1.54, 1.807) is 14.2 Å². The van der Waals surface area contributed by atoms with Gasteiger partial charge < -0.3 is 14.8 Å². The highest BCUT2D eigenvalue weighted by Crippen LogP contribution is 2.30. The summed E-state index contributed by atoms with van der Waals surface area (Å²) in [7, 11) is 3.18. The Balaban J connectivity index is 1.77. The molecule has 0 aliphatic carbocycles. The maximum absolute atomic E-state index is 12.7. The van der Waals surface area contributed by atoms with Crippen LogP contribution in [-0.2, 0) is 6.54 Å². The van der Waals surface area contributed by atoms with Gasteiger partial charge >= 0.3 is 0 Å². The van der Waals surface area contributed by atoms with Gasteiger partial charge in [-0.2, -0.15) is 0 Å². The Morgan fingerprint density at radius 3 is 2.50 bits per heavy atom. The van der Waals surface area contributed by atoms with Crippen LogP contribution in [0.5, 0.6) is 11.5 Å². The lowest BCUT2D eigenvalue weighted by Gasteiger charge is -2.10. The fraction of sp³-hybridized carbons (Fsp3) is 0.200. The first-order valence-electron chi connectivity index (χ1n) is 8.14. The molecule has 1 amide bonds. The summed E-state index contributed by atoms with van der Waals surface area (Å²) in [6, 6.07) is 15.4. The van der Waals surface area contributed by atoms with E-state index in [0.717, 1.165) is 21.0 Å². The van der Waals surface area contributed by atoms with E-state index < -0.39 is 0 Å². The molecule has 0 fully saturated rings. The topological polar surface area (TPSA) is 60.5 Å². The van der Waals surface area contributed by atoms with Gasteiger partial charge in [0.25, 0.3) is 5.91 Å². The van der Waals surface area contributed by atoms with Gasteiger partial charge in [0.15, 0.2) is 11.5 Å². The molecule has 6 heteroatoms. The Kier molecular flexibility index (Phi) is 5.53. The molecule has 0 atom stereocenters. The van der Waals surface area contributed by atoms with E-state index in [0.29, 0.717) is 23.7 Å². The summed E-state index contributed by atoms with van der Waals surface area (Å²) in [4.78, 5) is 18.0. The van der Waals surface area contributed by atoms with Crippen molar-refractivity contribution in [1.29, 1.82) is 0 Å². The highest BCUT2D eigenvalue weighted by Gasteiger charge is 2.18. The molecular formula is C20H20N2O3S. The minimum atomic E-state index is -0.192. The summed E-state index contributed by atoms with van der Waals surface area (Å²) in [5, 5.41) is 3.80. The predicted molar refractivity (Wildman–Crippen MR) is 103 cm³/mol. The van der Waals surface area contributed by atoms with Crippen LogP contribution in [0.25, 0.3) is 10.4 Å². The smallest absolute Gasteiger partial charge is 0.271 e. The first-order valence-corrected chi connectivity index (χ1v) is 8.96. The molecule has 5 nitrogen and oxygen atoms in total. The number of aryl methyl sites for hydroxylation is 1. The van der Waals surface area contributed by atoms with Crippen molar-refractivity contribution in [2.24, 2.45) is 0 Å². The highest BCUT2D eigenvalue weighted by molar-refractivity contribution is 7.15. The lowest BCUT2D eigenvalue weighted by atomic mass is 10.1. The summed E-state index contributed by atoms with van der Waals surface area (Å²) in [6.45, 7) is 2.28. The molecule has 0 aliphatic heterocycles. The van der Waals surface area contributed by atoms with Gasteiger partial charge in [-0.1, -0.05) is 36.4 Å². The van der Waals surface area contributed by atoms with E-state index in [9.17, 15) is 4.79 Å². The largest absolute Gasteiger partial charge is 0.493 e. The van der Waals surface area contributed by atoms with Crippen LogP contribution < -0.4 is 14.8 Å². The average Bonchev–Trinajstić information content (AvgIpc) is 3.08. The molecule has 1 aromatic heterocycles. The van der Waals surface area contributed by atoms with Gasteiger partial charge in [-0.25, -0.2) is 4.98 Å². The van der Waals surface area contributed by atoms with Crippen LogP contribution in [0.2, 0.25) is 0 Å². The number of nitrogens with zero attached hydrogens (tertiary/aromatic N) is 1. The van der Waals surface area contributed by atoms with Crippen LogP contribution in [0, 0.1) is 6.92 Å². The van der Waals surface area contributed by atoms with Crippen LogP contribution in [0.4, 0.5) is 0 Å². The Labute approximate surface area is 156 Å². The van der Waals surface area contributed by atoms with Gasteiger partial charge in [-0.05, 0) is 30.2 Å². The minimum Gasteiger partial charge on any atom is -0.493 e. The molecule has 134 valence electrons. The predicted octanol–water partition coefficient (Wildman–Crippen LogP) is 4.07. The number of hydrogen-bond donors (Lipinski definition) is 1. The van der Waals surface area contributed by atoms with E-state index in [1.807, 2.05) is 55.5 Å². The Bertz CT molecular complexity index is 907. The van der Waals surface area contributed by atoms with Crippen LogP contribution in [0.3, 0.4) is 0 Å². The van der Waals surface area contributed by atoms with Crippen LogP contribution in [-0.4, -0.2) is 25.1 Å². The van der Waals surface area contributed by atoms with Crippen molar-refractivity contribution < 1.29 is 14.3 Å². The Hall–Kier alpha value is -2.86. The van der Waals surface area contributed by atoms with Gasteiger partial charge in [0.2, 0.25) is 0 Å². The van der Waals surface area contributed by atoms with Crippen molar-refractivity contribution in [3.8, 4) is 21.9 Å². The zero-order chi connectivity index (χ0) is 18.5. The SMILES string of the molecule is COc1ccc(CNC(=O)c2nc(C)sc2-c2ccccc2)cc1OC. The number of hydrogen-bond acceptors (Lipinski definition) is 5. The molecule has 0 bridgehead atoms. The Morgan fingerprint density at radius 1 is 1.08 bits per heavy atom. The van der Waals surface area contributed by atoms with E-state index >= 15 is 0 Å². The zero-order valence-corrected chi connectivity index (χ0v) is 15.7. The lowest BCUT2D eigenvalue weighted by molar-refractivity contribution is 0.0947. The maximum Gasteiger partial charge on any atom is 0.271 e. The van der Waals surface area contributed by atoms with E-state index in [2.05, 4.69) is 10.3 Å². The summed E-state index contributed by atoms with van der Waals surface area (Å²) >= 11 is 1.52. The van der Waals surface area contributed by atoms with E-state index in [4.69, 9.17) is 9.47 Å². The average molecular weight is 368 g/mol. The molecule has 0 unspecified atom stereocenters. The van der Waals surface area contributed by atoms with Crippen molar-refractivity contribution in [2.45, 2.75) is 13.5 Å². The molecule has 0 saturated heterocycles. The lowest BCUT2D eigenvalue weighted by Crippen LogP contribution is -2.23. The van der Waals surface area contributed by atoms with Crippen molar-refractivity contribution in [3.05, 3.63) is 64.8 Å². The Morgan fingerprint density at radius 2 is 1.81 bits per heavy atom. The van der Waals surface area contributed by atoms with Crippen molar-refractivity contribution in [2.75, 3.05) is 14.2 Å². The summed E-state index contributed by atoms with van der Waals surface area (Å²) < 4.78 is 10.5. The molecule has 0 aliphatic rings. The zero-order valence-electron chi connectivity index (χ0n) is 14.9. The number of nitrogens with one attached hydrogen (secondary N) is 1. The van der Waals surface area contributed by atoms with Gasteiger partial charge in [-0.15, -0.1) is 11.3 Å². The number of methoxy groups -OCH3 is 2. The molecule has 3 aromatic rings. The number of thiazole rings is 1. The van der Waals surface area contributed by atoms with Gasteiger partial charge in [0.1, 0.15) is 5.69 Å². The standard InChI is InChI=1S/C20H20N2O3S/c1-13-22-18(19(26-13)15-7-5-4-6-8-15)20(23)21-12-14-9-10-16(24-2)17(11-14)25-3/h4-11H,12H2,1-3H3,(H,21,23). The third kappa shape index (κ3) is 3.86.